The van der Waals surface area contributed by atoms with Crippen LogP contribution >= 0.6 is 27.5 Å². The van der Waals surface area contributed by atoms with Crippen molar-refractivity contribution in [3.63, 3.8) is 0 Å². The molecule has 0 atom stereocenters. The highest BCUT2D eigenvalue weighted by molar-refractivity contribution is 9.10. The van der Waals surface area contributed by atoms with Gasteiger partial charge in [0.15, 0.2) is 5.15 Å². The molecule has 0 fully saturated rings. The van der Waals surface area contributed by atoms with Gasteiger partial charge >= 0.3 is 0 Å². The molecule has 0 spiro atoms. The number of halogens is 2. The van der Waals surface area contributed by atoms with Crippen LogP contribution in [0.1, 0.15) is 5.56 Å². The van der Waals surface area contributed by atoms with E-state index in [-0.39, 0.29) is 0 Å². The van der Waals surface area contributed by atoms with E-state index in [1.165, 1.54) is 0 Å². The van der Waals surface area contributed by atoms with Gasteiger partial charge < -0.3 is 11.1 Å². The van der Waals surface area contributed by atoms with Gasteiger partial charge in [-0.1, -0.05) is 29.8 Å². The highest BCUT2D eigenvalue weighted by Crippen LogP contribution is 2.24. The van der Waals surface area contributed by atoms with E-state index >= 15 is 0 Å². The minimum atomic E-state index is 0.447. The summed E-state index contributed by atoms with van der Waals surface area (Å²) in [5, 5.41) is 3.65. The second-order valence-corrected chi connectivity index (χ2v) is 4.82. The minimum Gasteiger partial charge on any atom is -0.398 e. The molecule has 5 heteroatoms. The molecule has 17 heavy (non-hydrogen) atoms. The average molecular weight is 313 g/mol. The predicted molar refractivity (Wildman–Crippen MR) is 75.1 cm³/mol. The summed E-state index contributed by atoms with van der Waals surface area (Å²) in [7, 11) is 0. The Labute approximate surface area is 113 Å². The maximum Gasteiger partial charge on any atom is 0.152 e. The number of nitrogens with zero attached hydrogens (tertiary/aromatic N) is 1. The molecule has 1 heterocycles. The summed E-state index contributed by atoms with van der Waals surface area (Å²) in [6.45, 7) is 0.616. The topological polar surface area (TPSA) is 50.9 Å². The van der Waals surface area contributed by atoms with E-state index in [0.29, 0.717) is 11.7 Å². The summed E-state index contributed by atoms with van der Waals surface area (Å²) in [6, 6.07) is 9.59. The lowest BCUT2D eigenvalue weighted by Crippen LogP contribution is -2.03. The highest BCUT2D eigenvalue weighted by atomic mass is 79.9. The van der Waals surface area contributed by atoms with Crippen LogP contribution in [0.25, 0.3) is 0 Å². The van der Waals surface area contributed by atoms with E-state index in [4.69, 9.17) is 17.3 Å². The molecule has 0 aliphatic carbocycles. The van der Waals surface area contributed by atoms with Crippen LogP contribution in [0.2, 0.25) is 5.15 Å². The quantitative estimate of drug-likeness (QED) is 0.671. The second kappa shape index (κ2) is 5.38. The van der Waals surface area contributed by atoms with Crippen molar-refractivity contribution >= 4 is 38.9 Å². The van der Waals surface area contributed by atoms with E-state index in [1.54, 1.807) is 6.20 Å². The van der Waals surface area contributed by atoms with Gasteiger partial charge in [-0.2, -0.15) is 0 Å². The van der Waals surface area contributed by atoms with Gasteiger partial charge in [-0.15, -0.1) is 0 Å². The zero-order chi connectivity index (χ0) is 12.3. The normalized spacial score (nSPS) is 10.2. The third-order valence-corrected chi connectivity index (χ3v) is 3.06. The number of nitrogens with two attached hydrogens (primary N) is 1. The molecule has 0 saturated carbocycles. The number of pyridine rings is 1. The number of hydrogen-bond acceptors (Lipinski definition) is 3. The van der Waals surface area contributed by atoms with Crippen molar-refractivity contribution in [3.05, 3.63) is 51.7 Å². The molecule has 2 aromatic rings. The van der Waals surface area contributed by atoms with Crippen LogP contribution in [-0.4, -0.2) is 4.98 Å². The molecule has 1 aromatic carbocycles. The van der Waals surface area contributed by atoms with Crippen LogP contribution in [0.15, 0.2) is 41.0 Å². The van der Waals surface area contributed by atoms with Gasteiger partial charge in [-0.3, -0.25) is 0 Å². The summed E-state index contributed by atoms with van der Waals surface area (Å²) in [4.78, 5) is 4.04. The first-order valence-corrected chi connectivity index (χ1v) is 6.22. The zero-order valence-electron chi connectivity index (χ0n) is 8.95. The van der Waals surface area contributed by atoms with Crippen LogP contribution in [0, 0.1) is 0 Å². The molecule has 88 valence electrons. The Kier molecular flexibility index (Phi) is 3.86. The lowest BCUT2D eigenvalue weighted by molar-refractivity contribution is 1.14. The van der Waals surface area contributed by atoms with Crippen molar-refractivity contribution < 1.29 is 0 Å². The van der Waals surface area contributed by atoms with Gasteiger partial charge in [0.05, 0.1) is 5.69 Å². The van der Waals surface area contributed by atoms with Crippen LogP contribution in [0.4, 0.5) is 11.4 Å². The van der Waals surface area contributed by atoms with Gasteiger partial charge in [0.2, 0.25) is 0 Å². The molecule has 0 amide bonds. The molecule has 0 aliphatic heterocycles. The fraction of sp³-hybridized carbons (Fsp3) is 0.0833. The number of benzene rings is 1. The number of anilines is 2. The fourth-order valence-electron chi connectivity index (χ4n) is 1.43. The Morgan fingerprint density at radius 1 is 1.35 bits per heavy atom. The highest BCUT2D eigenvalue weighted by Gasteiger charge is 2.03. The Morgan fingerprint density at radius 3 is 2.88 bits per heavy atom. The number of nitrogens with one attached hydrogen (secondary N) is 1. The van der Waals surface area contributed by atoms with Crippen molar-refractivity contribution in [2.45, 2.75) is 6.54 Å². The monoisotopic (exact) mass is 311 g/mol. The number of nitrogen functional groups attached to an aromatic ring is 1. The predicted octanol–water partition coefficient (Wildman–Crippen LogP) is 3.69. The van der Waals surface area contributed by atoms with Crippen molar-refractivity contribution in [3.8, 4) is 0 Å². The van der Waals surface area contributed by atoms with Crippen LogP contribution in [0.3, 0.4) is 0 Å². The van der Waals surface area contributed by atoms with Gasteiger partial charge in [0.25, 0.3) is 0 Å². The lowest BCUT2D eigenvalue weighted by Gasteiger charge is -2.09. The third kappa shape index (κ3) is 3.11. The number of aromatic nitrogens is 1. The maximum atomic E-state index is 5.98. The minimum absolute atomic E-state index is 0.447. The van der Waals surface area contributed by atoms with Gasteiger partial charge in [-0.05, 0) is 33.6 Å². The molecule has 0 aliphatic rings. The first kappa shape index (κ1) is 12.2. The average Bonchev–Trinajstić information content (AvgIpc) is 2.32. The van der Waals surface area contributed by atoms with Gasteiger partial charge in [-0.25, -0.2) is 4.98 Å². The molecule has 1 aromatic heterocycles. The maximum absolute atomic E-state index is 5.98. The van der Waals surface area contributed by atoms with Crippen molar-refractivity contribution in [2.75, 3.05) is 11.1 Å². The molecule has 0 unspecified atom stereocenters. The summed E-state index contributed by atoms with van der Waals surface area (Å²) >= 11 is 9.33. The molecule has 3 N–H and O–H groups in total. The standard InChI is InChI=1S/C12H11BrClN3/c13-9-5-11(12(14)17-7-9)16-6-8-3-1-2-4-10(8)15/h1-5,7,16H,6,15H2. The molecule has 3 nitrogen and oxygen atoms in total. The molecule has 0 radical (unpaired) electrons. The smallest absolute Gasteiger partial charge is 0.152 e. The zero-order valence-corrected chi connectivity index (χ0v) is 11.3. The van der Waals surface area contributed by atoms with Crippen molar-refractivity contribution in [1.82, 2.24) is 4.98 Å². The van der Waals surface area contributed by atoms with Crippen LogP contribution < -0.4 is 11.1 Å². The lowest BCUT2D eigenvalue weighted by atomic mass is 10.2. The van der Waals surface area contributed by atoms with E-state index in [2.05, 4.69) is 26.2 Å². The van der Waals surface area contributed by atoms with E-state index in [1.807, 2.05) is 30.3 Å². The second-order valence-electron chi connectivity index (χ2n) is 3.54. The third-order valence-electron chi connectivity index (χ3n) is 2.33. The summed E-state index contributed by atoms with van der Waals surface area (Å²) in [6.07, 6.45) is 1.66. The van der Waals surface area contributed by atoms with E-state index in [0.717, 1.165) is 21.4 Å². The number of para-hydroxylation sites is 1. The summed E-state index contributed by atoms with van der Waals surface area (Å²) < 4.78 is 0.880. The van der Waals surface area contributed by atoms with Gasteiger partial charge in [0.1, 0.15) is 0 Å². The SMILES string of the molecule is Nc1ccccc1CNc1cc(Br)cnc1Cl. The Balaban J connectivity index is 2.12. The van der Waals surface area contributed by atoms with Crippen molar-refractivity contribution in [2.24, 2.45) is 0 Å². The van der Waals surface area contributed by atoms with Crippen molar-refractivity contribution in [1.29, 1.82) is 0 Å². The van der Waals surface area contributed by atoms with Gasteiger partial charge in [0, 0.05) is 22.9 Å². The Hall–Kier alpha value is -1.26. The number of hydrogen-bond donors (Lipinski definition) is 2. The van der Waals surface area contributed by atoms with Crippen LogP contribution in [-0.2, 0) is 6.54 Å². The summed E-state index contributed by atoms with van der Waals surface area (Å²) in [5.74, 6) is 0. The molecular weight excluding hydrogens is 302 g/mol. The molecular formula is C12H11BrClN3. The Bertz CT molecular complexity index is 531. The first-order valence-electron chi connectivity index (χ1n) is 5.05. The Morgan fingerprint density at radius 2 is 2.12 bits per heavy atom. The first-order chi connectivity index (χ1) is 8.16. The molecule has 2 rings (SSSR count). The largest absolute Gasteiger partial charge is 0.398 e. The summed E-state index contributed by atoms with van der Waals surface area (Å²) in [5.41, 5.74) is 8.43. The van der Waals surface area contributed by atoms with Crippen LogP contribution in [0.5, 0.6) is 0 Å². The molecule has 0 saturated heterocycles. The van der Waals surface area contributed by atoms with E-state index in [9.17, 15) is 0 Å². The van der Waals surface area contributed by atoms with E-state index < -0.39 is 0 Å². The fourth-order valence-corrected chi connectivity index (χ4v) is 1.93. The molecule has 0 bridgehead atoms. The number of rotatable bonds is 3.